The van der Waals surface area contributed by atoms with Crippen molar-refractivity contribution in [1.82, 2.24) is 9.03 Å². The van der Waals surface area contributed by atoms with Gasteiger partial charge in [-0.2, -0.15) is 17.4 Å². The smallest absolute Gasteiger partial charge is 0.279 e. The third-order valence-electron chi connectivity index (χ3n) is 2.87. The van der Waals surface area contributed by atoms with Crippen molar-refractivity contribution in [2.24, 2.45) is 0 Å². The highest BCUT2D eigenvalue weighted by molar-refractivity contribution is 7.87. The van der Waals surface area contributed by atoms with Crippen LogP contribution in [0.15, 0.2) is 24.3 Å². The summed E-state index contributed by atoms with van der Waals surface area (Å²) < 4.78 is 27.7. The quantitative estimate of drug-likeness (QED) is 0.755. The number of aliphatic hydroxyl groups excluding tert-OH is 1. The van der Waals surface area contributed by atoms with Crippen LogP contribution in [-0.4, -0.2) is 31.4 Å². The van der Waals surface area contributed by atoms with Crippen LogP contribution in [0.3, 0.4) is 0 Å². The van der Waals surface area contributed by atoms with Crippen molar-refractivity contribution in [1.29, 1.82) is 0 Å². The molecule has 1 aromatic carbocycles. The van der Waals surface area contributed by atoms with E-state index < -0.39 is 10.2 Å². The second kappa shape index (κ2) is 7.59. The summed E-state index contributed by atoms with van der Waals surface area (Å²) in [6, 6.07) is 7.21. The molecule has 0 unspecified atom stereocenters. The fourth-order valence-electron chi connectivity index (χ4n) is 1.62. The van der Waals surface area contributed by atoms with Crippen LogP contribution in [0.5, 0.6) is 0 Å². The van der Waals surface area contributed by atoms with Crippen LogP contribution in [-0.2, 0) is 23.4 Å². The van der Waals surface area contributed by atoms with E-state index in [4.69, 9.17) is 5.11 Å². The Morgan fingerprint density at radius 3 is 2.63 bits per heavy atom. The molecule has 0 aliphatic carbocycles. The molecule has 0 aliphatic rings. The molecule has 0 radical (unpaired) electrons. The van der Waals surface area contributed by atoms with Gasteiger partial charge in [-0.25, -0.2) is 0 Å². The Bertz CT molecular complexity index is 488. The first-order chi connectivity index (χ1) is 8.99. The molecule has 0 saturated carbocycles. The molecule has 108 valence electrons. The molecular formula is C13H22N2O3S. The van der Waals surface area contributed by atoms with E-state index >= 15 is 0 Å². The number of aliphatic hydroxyl groups is 1. The Morgan fingerprint density at radius 1 is 1.32 bits per heavy atom. The third kappa shape index (κ3) is 5.28. The van der Waals surface area contributed by atoms with Gasteiger partial charge in [-0.1, -0.05) is 37.6 Å². The zero-order chi connectivity index (χ0) is 14.3. The molecule has 2 N–H and O–H groups in total. The molecule has 6 heteroatoms. The van der Waals surface area contributed by atoms with Crippen LogP contribution in [0.2, 0.25) is 0 Å². The van der Waals surface area contributed by atoms with E-state index in [0.717, 1.165) is 24.0 Å². The fourth-order valence-corrected chi connectivity index (χ4v) is 2.56. The van der Waals surface area contributed by atoms with E-state index in [9.17, 15) is 8.42 Å². The van der Waals surface area contributed by atoms with Crippen molar-refractivity contribution in [2.75, 3.05) is 13.6 Å². The predicted molar refractivity (Wildman–Crippen MR) is 75.7 cm³/mol. The van der Waals surface area contributed by atoms with Gasteiger partial charge in [0.1, 0.15) is 0 Å². The lowest BCUT2D eigenvalue weighted by Gasteiger charge is -2.17. The first-order valence-electron chi connectivity index (χ1n) is 6.39. The number of rotatable bonds is 8. The van der Waals surface area contributed by atoms with Crippen molar-refractivity contribution in [3.8, 4) is 0 Å². The van der Waals surface area contributed by atoms with Crippen molar-refractivity contribution in [3.63, 3.8) is 0 Å². The van der Waals surface area contributed by atoms with Gasteiger partial charge in [-0.15, -0.1) is 0 Å². The Kier molecular flexibility index (Phi) is 6.44. The minimum atomic E-state index is -3.43. The van der Waals surface area contributed by atoms with Crippen molar-refractivity contribution in [3.05, 3.63) is 35.4 Å². The summed E-state index contributed by atoms with van der Waals surface area (Å²) in [5, 5.41) is 9.03. The summed E-state index contributed by atoms with van der Waals surface area (Å²) >= 11 is 0. The summed E-state index contributed by atoms with van der Waals surface area (Å²) in [7, 11) is -1.86. The van der Waals surface area contributed by atoms with Gasteiger partial charge in [0.25, 0.3) is 10.2 Å². The lowest BCUT2D eigenvalue weighted by Crippen LogP contribution is -2.38. The summed E-state index contributed by atoms with van der Waals surface area (Å²) in [5.74, 6) is 0. The van der Waals surface area contributed by atoms with E-state index in [-0.39, 0.29) is 13.2 Å². The molecule has 0 aromatic heterocycles. The lowest BCUT2D eigenvalue weighted by molar-refractivity contribution is 0.281. The molecular weight excluding hydrogens is 264 g/mol. The zero-order valence-electron chi connectivity index (χ0n) is 11.5. The molecule has 1 aromatic rings. The zero-order valence-corrected chi connectivity index (χ0v) is 12.3. The summed E-state index contributed by atoms with van der Waals surface area (Å²) in [5.41, 5.74) is 1.61. The molecule has 5 nitrogen and oxygen atoms in total. The maximum atomic E-state index is 11.9. The first kappa shape index (κ1) is 16.1. The van der Waals surface area contributed by atoms with Gasteiger partial charge in [0.2, 0.25) is 0 Å². The highest BCUT2D eigenvalue weighted by Crippen LogP contribution is 2.06. The van der Waals surface area contributed by atoms with Gasteiger partial charge in [0, 0.05) is 20.1 Å². The number of benzene rings is 1. The molecule has 0 spiro atoms. The molecule has 0 atom stereocenters. The van der Waals surface area contributed by atoms with E-state index in [2.05, 4.69) is 4.72 Å². The van der Waals surface area contributed by atoms with Crippen molar-refractivity contribution >= 4 is 10.2 Å². The minimum Gasteiger partial charge on any atom is -0.392 e. The Balaban J connectivity index is 2.59. The van der Waals surface area contributed by atoms with Gasteiger partial charge < -0.3 is 5.11 Å². The van der Waals surface area contributed by atoms with Crippen LogP contribution >= 0.6 is 0 Å². The fraction of sp³-hybridized carbons (Fsp3) is 0.538. The molecule has 0 fully saturated rings. The predicted octanol–water partition coefficient (Wildman–Crippen LogP) is 1.25. The van der Waals surface area contributed by atoms with Gasteiger partial charge in [0.15, 0.2) is 0 Å². The highest BCUT2D eigenvalue weighted by Gasteiger charge is 2.16. The maximum absolute atomic E-state index is 11.9. The van der Waals surface area contributed by atoms with Gasteiger partial charge in [-0.3, -0.25) is 0 Å². The Morgan fingerprint density at radius 2 is 2.00 bits per heavy atom. The number of hydrogen-bond donors (Lipinski definition) is 2. The van der Waals surface area contributed by atoms with Crippen LogP contribution in [0.1, 0.15) is 30.9 Å². The van der Waals surface area contributed by atoms with Gasteiger partial charge in [-0.05, 0) is 17.5 Å². The topological polar surface area (TPSA) is 69.6 Å². The Labute approximate surface area is 115 Å². The number of hydrogen-bond acceptors (Lipinski definition) is 3. The van der Waals surface area contributed by atoms with Crippen molar-refractivity contribution in [2.45, 2.75) is 32.9 Å². The van der Waals surface area contributed by atoms with E-state index in [1.807, 2.05) is 13.0 Å². The SMILES string of the molecule is CCCCN(C)S(=O)(=O)NCc1cccc(CO)c1. The number of nitrogens with zero attached hydrogens (tertiary/aromatic N) is 1. The number of nitrogens with one attached hydrogen (secondary N) is 1. The normalized spacial score (nSPS) is 12.0. The lowest BCUT2D eigenvalue weighted by atomic mass is 10.1. The average Bonchev–Trinajstić information content (AvgIpc) is 2.42. The minimum absolute atomic E-state index is 0.0447. The molecule has 0 bridgehead atoms. The molecule has 0 amide bonds. The van der Waals surface area contributed by atoms with E-state index in [1.54, 1.807) is 25.2 Å². The monoisotopic (exact) mass is 286 g/mol. The molecule has 19 heavy (non-hydrogen) atoms. The van der Waals surface area contributed by atoms with E-state index in [1.165, 1.54) is 4.31 Å². The summed E-state index contributed by atoms with van der Waals surface area (Å²) in [6.45, 7) is 2.72. The average molecular weight is 286 g/mol. The summed E-state index contributed by atoms with van der Waals surface area (Å²) in [6.07, 6.45) is 1.80. The second-order valence-electron chi connectivity index (χ2n) is 4.48. The van der Waals surface area contributed by atoms with E-state index in [0.29, 0.717) is 6.54 Å². The maximum Gasteiger partial charge on any atom is 0.279 e. The first-order valence-corrected chi connectivity index (χ1v) is 7.83. The van der Waals surface area contributed by atoms with Gasteiger partial charge in [0.05, 0.1) is 6.61 Å². The molecule has 1 rings (SSSR count). The molecule has 0 aliphatic heterocycles. The van der Waals surface area contributed by atoms with Crippen LogP contribution < -0.4 is 4.72 Å². The molecule has 0 heterocycles. The summed E-state index contributed by atoms with van der Waals surface area (Å²) in [4.78, 5) is 0. The second-order valence-corrected chi connectivity index (χ2v) is 6.34. The largest absolute Gasteiger partial charge is 0.392 e. The van der Waals surface area contributed by atoms with Gasteiger partial charge >= 0.3 is 0 Å². The van der Waals surface area contributed by atoms with Crippen LogP contribution in [0, 0.1) is 0 Å². The third-order valence-corrected chi connectivity index (χ3v) is 4.38. The Hall–Kier alpha value is -0.950. The van der Waals surface area contributed by atoms with Crippen LogP contribution in [0.4, 0.5) is 0 Å². The highest BCUT2D eigenvalue weighted by atomic mass is 32.2. The van der Waals surface area contributed by atoms with Crippen molar-refractivity contribution < 1.29 is 13.5 Å². The standard InChI is InChI=1S/C13H22N2O3S/c1-3-4-8-15(2)19(17,18)14-10-12-6-5-7-13(9-12)11-16/h5-7,9,14,16H,3-4,8,10-11H2,1-2H3. The number of unbranched alkanes of at least 4 members (excludes halogenated alkanes) is 1. The molecule has 0 saturated heterocycles. The van der Waals surface area contributed by atoms with Crippen LogP contribution in [0.25, 0.3) is 0 Å².